The number of hydrogen-bond donors (Lipinski definition) is 1. The fourth-order valence-electron chi connectivity index (χ4n) is 2.89. The van der Waals surface area contributed by atoms with Gasteiger partial charge in [0.1, 0.15) is 0 Å². The first-order chi connectivity index (χ1) is 7.98. The quantitative estimate of drug-likeness (QED) is 0.759. The lowest BCUT2D eigenvalue weighted by Gasteiger charge is -2.39. The molecule has 2 heterocycles. The molecule has 0 bridgehead atoms. The van der Waals surface area contributed by atoms with E-state index in [-0.39, 0.29) is 6.04 Å². The Hall–Kier alpha value is -0.570. The zero-order chi connectivity index (χ0) is 12.5. The second-order valence-electron chi connectivity index (χ2n) is 6.54. The molecule has 0 saturated carbocycles. The highest BCUT2D eigenvalue weighted by molar-refractivity contribution is 5.82. The van der Waals surface area contributed by atoms with Gasteiger partial charge in [0.25, 0.3) is 0 Å². The molecule has 1 amide bonds. The highest BCUT2D eigenvalue weighted by atomic mass is 16.2. The van der Waals surface area contributed by atoms with E-state index >= 15 is 0 Å². The molecule has 0 aromatic rings. The molecule has 2 rings (SSSR count). The van der Waals surface area contributed by atoms with Crippen LogP contribution in [0.2, 0.25) is 0 Å². The lowest BCUT2D eigenvalue weighted by Crippen LogP contribution is -2.53. The number of carbonyl (C=O) groups is 1. The summed E-state index contributed by atoms with van der Waals surface area (Å²) in [5, 5.41) is 3.44. The smallest absolute Gasteiger partial charge is 0.239 e. The van der Waals surface area contributed by atoms with Crippen molar-refractivity contribution in [2.45, 2.75) is 65.0 Å². The van der Waals surface area contributed by atoms with E-state index in [1.54, 1.807) is 0 Å². The van der Waals surface area contributed by atoms with Gasteiger partial charge in [0.2, 0.25) is 5.91 Å². The maximum atomic E-state index is 12.4. The molecule has 0 aromatic heterocycles. The van der Waals surface area contributed by atoms with Crippen LogP contribution >= 0.6 is 0 Å². The Morgan fingerprint density at radius 3 is 2.47 bits per heavy atom. The molecule has 2 saturated heterocycles. The van der Waals surface area contributed by atoms with Gasteiger partial charge in [-0.25, -0.2) is 0 Å². The molecule has 2 aliphatic rings. The highest BCUT2D eigenvalue weighted by Gasteiger charge is 2.32. The Kier molecular flexibility index (Phi) is 3.76. The molecule has 3 nitrogen and oxygen atoms in total. The maximum absolute atomic E-state index is 12.4. The molecule has 2 atom stereocenters. The molecule has 0 radical (unpaired) electrons. The van der Waals surface area contributed by atoms with E-state index in [0.717, 1.165) is 32.4 Å². The number of nitrogens with zero attached hydrogens (tertiary/aromatic N) is 1. The minimum atomic E-state index is 0.0833. The fourth-order valence-corrected chi connectivity index (χ4v) is 2.89. The molecule has 1 N–H and O–H groups in total. The number of carbonyl (C=O) groups excluding carboxylic acids is 1. The van der Waals surface area contributed by atoms with Crippen LogP contribution in [0.25, 0.3) is 0 Å². The van der Waals surface area contributed by atoms with Crippen molar-refractivity contribution in [3.8, 4) is 0 Å². The second kappa shape index (κ2) is 4.97. The number of rotatable bonds is 1. The Bertz CT molecular complexity index is 278. The van der Waals surface area contributed by atoms with Crippen molar-refractivity contribution in [1.29, 1.82) is 0 Å². The van der Waals surface area contributed by atoms with Crippen molar-refractivity contribution in [1.82, 2.24) is 10.2 Å². The summed E-state index contributed by atoms with van der Waals surface area (Å²) in [5.74, 6) is 0.340. The molecule has 2 aliphatic heterocycles. The van der Waals surface area contributed by atoms with Crippen LogP contribution in [0.3, 0.4) is 0 Å². The molecule has 2 fully saturated rings. The minimum absolute atomic E-state index is 0.0833. The van der Waals surface area contributed by atoms with Gasteiger partial charge in [-0.3, -0.25) is 4.79 Å². The summed E-state index contributed by atoms with van der Waals surface area (Å²) in [4.78, 5) is 14.4. The predicted octanol–water partition coefficient (Wildman–Crippen LogP) is 2.17. The predicted molar refractivity (Wildman–Crippen MR) is 69.8 cm³/mol. The topological polar surface area (TPSA) is 32.3 Å². The van der Waals surface area contributed by atoms with Gasteiger partial charge in [0, 0.05) is 19.1 Å². The van der Waals surface area contributed by atoms with E-state index in [9.17, 15) is 4.79 Å². The summed E-state index contributed by atoms with van der Waals surface area (Å²) in [6.07, 6.45) is 5.69. The standard InChI is InChI=1S/C14H26N2O/c1-11-5-4-6-12(15-11)13(17)16-9-7-14(2,3)8-10-16/h11-12,15H,4-10H2,1-3H3. The van der Waals surface area contributed by atoms with Gasteiger partial charge in [-0.15, -0.1) is 0 Å². The largest absolute Gasteiger partial charge is 0.341 e. The average molecular weight is 238 g/mol. The van der Waals surface area contributed by atoms with Gasteiger partial charge in [-0.1, -0.05) is 13.8 Å². The van der Waals surface area contributed by atoms with Gasteiger partial charge in [-0.2, -0.15) is 0 Å². The van der Waals surface area contributed by atoms with Gasteiger partial charge in [0.05, 0.1) is 6.04 Å². The summed E-state index contributed by atoms with van der Waals surface area (Å²) in [5.41, 5.74) is 0.421. The molecule has 17 heavy (non-hydrogen) atoms. The van der Waals surface area contributed by atoms with Crippen molar-refractivity contribution in [3.05, 3.63) is 0 Å². The van der Waals surface area contributed by atoms with E-state index in [4.69, 9.17) is 0 Å². The molecular weight excluding hydrogens is 212 g/mol. The lowest BCUT2D eigenvalue weighted by atomic mass is 9.82. The Labute approximate surface area is 105 Å². The zero-order valence-corrected chi connectivity index (χ0v) is 11.5. The molecule has 0 aromatic carbocycles. The fraction of sp³-hybridized carbons (Fsp3) is 0.929. The van der Waals surface area contributed by atoms with Crippen LogP contribution in [0, 0.1) is 5.41 Å². The Balaban J connectivity index is 1.88. The normalized spacial score (nSPS) is 33.5. The first kappa shape index (κ1) is 12.9. The van der Waals surface area contributed by atoms with Crippen LogP contribution in [-0.2, 0) is 4.79 Å². The van der Waals surface area contributed by atoms with Crippen molar-refractivity contribution in [2.24, 2.45) is 5.41 Å². The second-order valence-corrected chi connectivity index (χ2v) is 6.54. The molecule has 0 spiro atoms. The third-order valence-corrected chi connectivity index (χ3v) is 4.34. The first-order valence-corrected chi connectivity index (χ1v) is 7.03. The van der Waals surface area contributed by atoms with Crippen LogP contribution in [0.4, 0.5) is 0 Å². The van der Waals surface area contributed by atoms with Crippen molar-refractivity contribution >= 4 is 5.91 Å². The number of likely N-dealkylation sites (tertiary alicyclic amines) is 1. The maximum Gasteiger partial charge on any atom is 0.239 e. The average Bonchev–Trinajstić information content (AvgIpc) is 2.28. The van der Waals surface area contributed by atoms with Crippen LogP contribution in [0.15, 0.2) is 0 Å². The SMILES string of the molecule is CC1CCCC(C(=O)N2CCC(C)(C)CC2)N1. The van der Waals surface area contributed by atoms with Crippen LogP contribution in [0.1, 0.15) is 52.9 Å². The zero-order valence-electron chi connectivity index (χ0n) is 11.5. The van der Waals surface area contributed by atoms with Gasteiger partial charge in [-0.05, 0) is 44.4 Å². The van der Waals surface area contributed by atoms with E-state index in [0.29, 0.717) is 17.4 Å². The summed E-state index contributed by atoms with van der Waals surface area (Å²) in [7, 11) is 0. The van der Waals surface area contributed by atoms with Crippen molar-refractivity contribution < 1.29 is 4.79 Å². The number of piperidine rings is 2. The monoisotopic (exact) mass is 238 g/mol. The van der Waals surface area contributed by atoms with Crippen LogP contribution < -0.4 is 5.32 Å². The molecule has 0 aliphatic carbocycles. The van der Waals surface area contributed by atoms with E-state index < -0.39 is 0 Å². The minimum Gasteiger partial charge on any atom is -0.341 e. The van der Waals surface area contributed by atoms with Gasteiger partial charge >= 0.3 is 0 Å². The van der Waals surface area contributed by atoms with E-state index in [2.05, 4.69) is 31.0 Å². The molecule has 3 heteroatoms. The summed E-state index contributed by atoms with van der Waals surface area (Å²) in [6, 6.07) is 0.582. The summed E-state index contributed by atoms with van der Waals surface area (Å²) < 4.78 is 0. The lowest BCUT2D eigenvalue weighted by molar-refractivity contribution is -0.136. The van der Waals surface area contributed by atoms with Crippen LogP contribution in [-0.4, -0.2) is 36.0 Å². The molecular formula is C14H26N2O. The number of hydrogen-bond acceptors (Lipinski definition) is 2. The van der Waals surface area contributed by atoms with Crippen molar-refractivity contribution in [3.63, 3.8) is 0 Å². The molecule has 2 unspecified atom stereocenters. The third-order valence-electron chi connectivity index (χ3n) is 4.34. The van der Waals surface area contributed by atoms with Gasteiger partial charge in [0.15, 0.2) is 0 Å². The number of amides is 1. The summed E-state index contributed by atoms with van der Waals surface area (Å²) in [6.45, 7) is 8.67. The van der Waals surface area contributed by atoms with E-state index in [1.165, 1.54) is 12.8 Å². The Morgan fingerprint density at radius 1 is 1.24 bits per heavy atom. The molecule has 98 valence electrons. The van der Waals surface area contributed by atoms with Gasteiger partial charge < -0.3 is 10.2 Å². The highest BCUT2D eigenvalue weighted by Crippen LogP contribution is 2.30. The number of nitrogens with one attached hydrogen (secondary N) is 1. The van der Waals surface area contributed by atoms with E-state index in [1.807, 2.05) is 0 Å². The third kappa shape index (κ3) is 3.21. The van der Waals surface area contributed by atoms with Crippen LogP contribution in [0.5, 0.6) is 0 Å². The Morgan fingerprint density at radius 2 is 1.88 bits per heavy atom. The summed E-state index contributed by atoms with van der Waals surface area (Å²) >= 11 is 0. The van der Waals surface area contributed by atoms with Crippen molar-refractivity contribution in [2.75, 3.05) is 13.1 Å². The first-order valence-electron chi connectivity index (χ1n) is 7.03.